The van der Waals surface area contributed by atoms with Crippen LogP contribution in [-0.2, 0) is 16.0 Å². The lowest BCUT2D eigenvalue weighted by atomic mass is 10.1. The third-order valence-electron chi connectivity index (χ3n) is 5.14. The van der Waals surface area contributed by atoms with E-state index in [1.807, 2.05) is 42.5 Å². The predicted octanol–water partition coefficient (Wildman–Crippen LogP) is 3.76. The normalized spacial score (nSPS) is 13.1. The van der Waals surface area contributed by atoms with Crippen molar-refractivity contribution >= 4 is 17.9 Å². The lowest BCUT2D eigenvalue weighted by Crippen LogP contribution is -2.30. The first-order valence-electron chi connectivity index (χ1n) is 11.7. The van der Waals surface area contributed by atoms with E-state index in [0.29, 0.717) is 48.8 Å². The van der Waals surface area contributed by atoms with Crippen LogP contribution in [0.1, 0.15) is 37.8 Å². The summed E-state index contributed by atoms with van der Waals surface area (Å²) in [5.74, 6) is 2.15. The highest BCUT2D eigenvalue weighted by Crippen LogP contribution is 2.29. The van der Waals surface area contributed by atoms with Gasteiger partial charge in [0.25, 0.3) is 5.91 Å². The predicted molar refractivity (Wildman–Crippen MR) is 132 cm³/mol. The summed E-state index contributed by atoms with van der Waals surface area (Å²) in [6.45, 7) is 5.33. The highest BCUT2D eigenvalue weighted by Gasteiger charge is 2.23. The molecule has 2 amide bonds. The summed E-state index contributed by atoms with van der Waals surface area (Å²) in [6, 6.07) is 13.5. The Morgan fingerprint density at radius 2 is 1.82 bits per heavy atom. The molecule has 0 heterocycles. The topological polar surface area (TPSA) is 85.9 Å². The van der Waals surface area contributed by atoms with Crippen LogP contribution >= 0.6 is 0 Å². The molecule has 0 bridgehead atoms. The van der Waals surface area contributed by atoms with Crippen LogP contribution in [0.5, 0.6) is 17.2 Å². The van der Waals surface area contributed by atoms with Gasteiger partial charge in [-0.1, -0.05) is 32.0 Å². The van der Waals surface area contributed by atoms with Crippen molar-refractivity contribution in [3.8, 4) is 17.2 Å². The molecule has 2 N–H and O–H groups in total. The first-order valence-corrected chi connectivity index (χ1v) is 11.7. The van der Waals surface area contributed by atoms with Crippen molar-refractivity contribution in [2.45, 2.75) is 39.2 Å². The number of carbonyl (C=O) groups is 2. The lowest BCUT2D eigenvalue weighted by molar-refractivity contribution is -0.123. The van der Waals surface area contributed by atoms with Gasteiger partial charge in [0.2, 0.25) is 5.91 Å². The molecular formula is C27H34N2O5. The SMILES string of the molecule is COc1cc(C=CC(=O)NCCc2ccc(OCC(=O)NC3CC3)cc2)ccc1OCC(C)C. The molecule has 1 saturated carbocycles. The minimum absolute atomic E-state index is 0.0256. The molecule has 0 spiro atoms. The Labute approximate surface area is 201 Å². The summed E-state index contributed by atoms with van der Waals surface area (Å²) in [5, 5.41) is 5.78. The molecule has 0 aliphatic heterocycles. The number of nitrogens with one attached hydrogen (secondary N) is 2. The molecule has 1 fully saturated rings. The minimum atomic E-state index is -0.166. The molecule has 0 unspecified atom stereocenters. The fraction of sp³-hybridized carbons (Fsp3) is 0.407. The number of rotatable bonds is 13. The van der Waals surface area contributed by atoms with Crippen LogP contribution in [0.25, 0.3) is 6.08 Å². The summed E-state index contributed by atoms with van der Waals surface area (Å²) in [4.78, 5) is 23.9. The molecule has 182 valence electrons. The zero-order valence-electron chi connectivity index (χ0n) is 20.1. The molecule has 34 heavy (non-hydrogen) atoms. The maximum atomic E-state index is 12.2. The molecular weight excluding hydrogens is 432 g/mol. The number of amides is 2. The number of carbonyl (C=O) groups excluding carboxylic acids is 2. The largest absolute Gasteiger partial charge is 0.493 e. The maximum absolute atomic E-state index is 12.2. The van der Waals surface area contributed by atoms with Crippen LogP contribution in [0.2, 0.25) is 0 Å². The number of ether oxygens (including phenoxy) is 3. The van der Waals surface area contributed by atoms with Gasteiger partial charge < -0.3 is 24.8 Å². The summed E-state index contributed by atoms with van der Waals surface area (Å²) in [6.07, 6.45) is 6.06. The van der Waals surface area contributed by atoms with Gasteiger partial charge in [-0.25, -0.2) is 0 Å². The van der Waals surface area contributed by atoms with Gasteiger partial charge in [-0.15, -0.1) is 0 Å². The third kappa shape index (κ3) is 8.81. The van der Waals surface area contributed by atoms with Gasteiger partial charge >= 0.3 is 0 Å². The van der Waals surface area contributed by atoms with E-state index < -0.39 is 0 Å². The van der Waals surface area contributed by atoms with E-state index >= 15 is 0 Å². The lowest BCUT2D eigenvalue weighted by Gasteiger charge is -2.12. The van der Waals surface area contributed by atoms with E-state index in [2.05, 4.69) is 24.5 Å². The van der Waals surface area contributed by atoms with Crippen molar-refractivity contribution in [1.82, 2.24) is 10.6 Å². The first-order chi connectivity index (χ1) is 16.4. The Morgan fingerprint density at radius 3 is 2.50 bits per heavy atom. The number of hydrogen-bond acceptors (Lipinski definition) is 5. The van der Waals surface area contributed by atoms with E-state index in [1.54, 1.807) is 13.2 Å². The van der Waals surface area contributed by atoms with Gasteiger partial charge in [-0.2, -0.15) is 0 Å². The number of benzene rings is 2. The van der Waals surface area contributed by atoms with Crippen molar-refractivity contribution in [3.63, 3.8) is 0 Å². The molecule has 1 aliphatic rings. The van der Waals surface area contributed by atoms with Crippen LogP contribution in [0, 0.1) is 5.92 Å². The molecule has 3 rings (SSSR count). The van der Waals surface area contributed by atoms with Crippen LogP contribution in [0.3, 0.4) is 0 Å². The number of hydrogen-bond donors (Lipinski definition) is 2. The monoisotopic (exact) mass is 466 g/mol. The Bertz CT molecular complexity index is 981. The molecule has 0 saturated heterocycles. The van der Waals surface area contributed by atoms with Crippen molar-refractivity contribution in [3.05, 3.63) is 59.7 Å². The summed E-state index contributed by atoms with van der Waals surface area (Å²) in [7, 11) is 1.60. The van der Waals surface area contributed by atoms with Gasteiger partial charge in [-0.3, -0.25) is 9.59 Å². The van der Waals surface area contributed by atoms with Crippen LogP contribution in [0.15, 0.2) is 48.5 Å². The maximum Gasteiger partial charge on any atom is 0.258 e. The van der Waals surface area contributed by atoms with Crippen molar-refractivity contribution < 1.29 is 23.8 Å². The molecule has 2 aromatic carbocycles. The zero-order valence-corrected chi connectivity index (χ0v) is 20.1. The Balaban J connectivity index is 1.39. The van der Waals surface area contributed by atoms with Gasteiger partial charge in [0.05, 0.1) is 13.7 Å². The van der Waals surface area contributed by atoms with Crippen molar-refractivity contribution in [1.29, 1.82) is 0 Å². The molecule has 0 atom stereocenters. The van der Waals surface area contributed by atoms with Crippen LogP contribution in [0.4, 0.5) is 0 Å². The van der Waals surface area contributed by atoms with Gasteiger partial charge in [0.1, 0.15) is 5.75 Å². The van der Waals surface area contributed by atoms with Crippen LogP contribution < -0.4 is 24.8 Å². The van der Waals surface area contributed by atoms with E-state index in [0.717, 1.165) is 24.0 Å². The molecule has 1 aliphatic carbocycles. The van der Waals surface area contributed by atoms with Gasteiger partial charge in [0, 0.05) is 18.7 Å². The molecule has 7 nitrogen and oxygen atoms in total. The zero-order chi connectivity index (χ0) is 24.3. The van der Waals surface area contributed by atoms with E-state index in [9.17, 15) is 9.59 Å². The average molecular weight is 467 g/mol. The Morgan fingerprint density at radius 1 is 1.06 bits per heavy atom. The second kappa shape index (κ2) is 12.7. The summed E-state index contributed by atoms with van der Waals surface area (Å²) >= 11 is 0. The second-order valence-corrected chi connectivity index (χ2v) is 8.76. The van der Waals surface area contributed by atoms with E-state index in [-0.39, 0.29) is 18.4 Å². The average Bonchev–Trinajstić information content (AvgIpc) is 3.65. The van der Waals surface area contributed by atoms with Crippen molar-refractivity contribution in [2.24, 2.45) is 5.92 Å². The second-order valence-electron chi connectivity index (χ2n) is 8.76. The van der Waals surface area contributed by atoms with E-state index in [4.69, 9.17) is 14.2 Å². The third-order valence-corrected chi connectivity index (χ3v) is 5.14. The quantitative estimate of drug-likeness (QED) is 0.439. The smallest absolute Gasteiger partial charge is 0.258 e. The summed E-state index contributed by atoms with van der Waals surface area (Å²) < 4.78 is 16.7. The van der Waals surface area contributed by atoms with E-state index in [1.165, 1.54) is 6.08 Å². The fourth-order valence-electron chi connectivity index (χ4n) is 3.12. The Kier molecular flexibility index (Phi) is 9.38. The summed E-state index contributed by atoms with van der Waals surface area (Å²) in [5.41, 5.74) is 1.92. The fourth-order valence-corrected chi connectivity index (χ4v) is 3.12. The number of methoxy groups -OCH3 is 1. The molecule has 0 radical (unpaired) electrons. The molecule has 2 aromatic rings. The van der Waals surface area contributed by atoms with Crippen molar-refractivity contribution in [2.75, 3.05) is 26.9 Å². The van der Waals surface area contributed by atoms with Crippen LogP contribution in [-0.4, -0.2) is 44.7 Å². The van der Waals surface area contributed by atoms with Gasteiger partial charge in [0.15, 0.2) is 18.1 Å². The highest BCUT2D eigenvalue weighted by molar-refractivity contribution is 5.91. The molecule has 7 heteroatoms. The standard InChI is InChI=1S/C27H34N2O5/c1-19(2)17-34-24-12-6-21(16-25(24)32-3)7-13-26(30)28-15-14-20-4-10-23(11-5-20)33-18-27(31)29-22-8-9-22/h4-7,10-13,16,19,22H,8-9,14-15,17-18H2,1-3H3,(H,28,30)(H,29,31). The van der Waals surface area contributed by atoms with Gasteiger partial charge in [-0.05, 0) is 66.6 Å². The first kappa shape index (κ1) is 25.1. The molecule has 0 aromatic heterocycles. The Hall–Kier alpha value is -3.48. The minimum Gasteiger partial charge on any atom is -0.493 e. The highest BCUT2D eigenvalue weighted by atomic mass is 16.5.